The van der Waals surface area contributed by atoms with E-state index in [2.05, 4.69) is 0 Å². The smallest absolute Gasteiger partial charge is 0.285 e. The SMILES string of the molecule is [O]C(=O)c1cc2ccccc2cc1[C]=O. The number of carbonyl (C=O) groups is 1. The summed E-state index contributed by atoms with van der Waals surface area (Å²) in [6.45, 7) is 0. The molecule has 0 aliphatic rings. The van der Waals surface area contributed by atoms with Crippen LogP contribution in [-0.2, 0) is 9.90 Å². The Labute approximate surface area is 86.0 Å². The number of carbonyl (C=O) groups excluding carboxylic acids is 2. The van der Waals surface area contributed by atoms with Gasteiger partial charge in [-0.2, -0.15) is 0 Å². The molecule has 0 aliphatic heterocycles. The first-order valence-corrected chi connectivity index (χ1v) is 4.34. The molecule has 2 aromatic carbocycles. The van der Waals surface area contributed by atoms with Gasteiger partial charge < -0.3 is 0 Å². The summed E-state index contributed by atoms with van der Waals surface area (Å²) in [5.41, 5.74) is -0.0996. The van der Waals surface area contributed by atoms with Crippen LogP contribution in [0.4, 0.5) is 0 Å². The molecule has 2 rings (SSSR count). The van der Waals surface area contributed by atoms with Gasteiger partial charge in [0, 0.05) is 5.56 Å². The zero-order chi connectivity index (χ0) is 10.8. The van der Waals surface area contributed by atoms with Crippen molar-refractivity contribution in [1.29, 1.82) is 0 Å². The normalized spacial score (nSPS) is 10.1. The molecule has 0 saturated carbocycles. The average Bonchev–Trinajstić information content (AvgIpc) is 2.27. The van der Waals surface area contributed by atoms with E-state index in [1.807, 2.05) is 6.07 Å². The molecule has 72 valence electrons. The molecular formula is C12H6O3. The third-order valence-corrected chi connectivity index (χ3v) is 2.22. The van der Waals surface area contributed by atoms with E-state index in [1.165, 1.54) is 12.1 Å². The molecule has 0 aliphatic carbocycles. The molecule has 2 radical (unpaired) electrons. The van der Waals surface area contributed by atoms with Crippen LogP contribution in [-0.4, -0.2) is 12.3 Å². The summed E-state index contributed by atoms with van der Waals surface area (Å²) in [5.74, 6) is -1.36. The van der Waals surface area contributed by atoms with Gasteiger partial charge in [-0.05, 0) is 22.9 Å². The summed E-state index contributed by atoms with van der Waals surface area (Å²) in [7, 11) is 0. The van der Waals surface area contributed by atoms with Crippen LogP contribution in [0.2, 0.25) is 0 Å². The van der Waals surface area contributed by atoms with Gasteiger partial charge in [0.25, 0.3) is 0 Å². The summed E-state index contributed by atoms with van der Waals surface area (Å²) < 4.78 is 0. The van der Waals surface area contributed by atoms with Crippen molar-refractivity contribution in [2.75, 3.05) is 0 Å². The predicted octanol–water partition coefficient (Wildman–Crippen LogP) is 1.87. The second kappa shape index (κ2) is 3.53. The molecular weight excluding hydrogens is 192 g/mol. The van der Waals surface area contributed by atoms with Gasteiger partial charge in [-0.1, -0.05) is 24.3 Å². The highest BCUT2D eigenvalue weighted by molar-refractivity contribution is 6.02. The number of hydrogen-bond acceptors (Lipinski definition) is 2. The Bertz CT molecular complexity index is 544. The van der Waals surface area contributed by atoms with Gasteiger partial charge in [0.1, 0.15) is 0 Å². The van der Waals surface area contributed by atoms with Crippen LogP contribution in [0.3, 0.4) is 0 Å². The van der Waals surface area contributed by atoms with Gasteiger partial charge in [-0.15, -0.1) is 0 Å². The van der Waals surface area contributed by atoms with E-state index in [0.717, 1.165) is 10.8 Å². The third kappa shape index (κ3) is 1.59. The van der Waals surface area contributed by atoms with Crippen molar-refractivity contribution in [3.63, 3.8) is 0 Å². The lowest BCUT2D eigenvalue weighted by Crippen LogP contribution is -2.00. The van der Waals surface area contributed by atoms with Crippen LogP contribution in [0.25, 0.3) is 10.8 Å². The molecule has 0 aromatic heterocycles. The quantitative estimate of drug-likeness (QED) is 0.739. The van der Waals surface area contributed by atoms with E-state index in [0.29, 0.717) is 0 Å². The fourth-order valence-corrected chi connectivity index (χ4v) is 1.49. The van der Waals surface area contributed by atoms with Crippen LogP contribution in [0.1, 0.15) is 15.9 Å². The molecule has 0 fully saturated rings. The minimum absolute atomic E-state index is 0.0219. The monoisotopic (exact) mass is 198 g/mol. The van der Waals surface area contributed by atoms with Crippen molar-refractivity contribution < 1.29 is 14.7 Å². The zero-order valence-corrected chi connectivity index (χ0v) is 7.69. The molecule has 15 heavy (non-hydrogen) atoms. The second-order valence-corrected chi connectivity index (χ2v) is 3.13. The zero-order valence-electron chi connectivity index (χ0n) is 7.69. The maximum Gasteiger partial charge on any atom is 0.387 e. The van der Waals surface area contributed by atoms with Crippen molar-refractivity contribution in [3.05, 3.63) is 47.5 Å². The predicted molar refractivity (Wildman–Crippen MR) is 53.8 cm³/mol. The maximum absolute atomic E-state index is 10.7. The van der Waals surface area contributed by atoms with Crippen LogP contribution in [0, 0.1) is 0 Å². The molecule has 3 nitrogen and oxygen atoms in total. The minimum Gasteiger partial charge on any atom is -0.285 e. The molecule has 0 spiro atoms. The van der Waals surface area contributed by atoms with Crippen LogP contribution < -0.4 is 0 Å². The highest BCUT2D eigenvalue weighted by Crippen LogP contribution is 2.19. The summed E-state index contributed by atoms with van der Waals surface area (Å²) >= 11 is 0. The Morgan fingerprint density at radius 3 is 2.20 bits per heavy atom. The average molecular weight is 198 g/mol. The van der Waals surface area contributed by atoms with E-state index in [9.17, 15) is 14.7 Å². The fraction of sp³-hybridized carbons (Fsp3) is 0. The number of benzene rings is 2. The van der Waals surface area contributed by atoms with E-state index in [-0.39, 0.29) is 11.1 Å². The molecule has 0 unspecified atom stereocenters. The first-order valence-electron chi connectivity index (χ1n) is 4.34. The summed E-state index contributed by atoms with van der Waals surface area (Å²) in [6, 6.07) is 10.1. The lowest BCUT2D eigenvalue weighted by molar-refractivity contribution is 0.0573. The van der Waals surface area contributed by atoms with Gasteiger partial charge >= 0.3 is 5.97 Å². The van der Waals surface area contributed by atoms with E-state index in [1.54, 1.807) is 24.5 Å². The van der Waals surface area contributed by atoms with Crippen molar-refractivity contribution in [1.82, 2.24) is 0 Å². The Morgan fingerprint density at radius 1 is 1.07 bits per heavy atom. The van der Waals surface area contributed by atoms with Crippen molar-refractivity contribution in [2.24, 2.45) is 0 Å². The third-order valence-electron chi connectivity index (χ3n) is 2.22. The summed E-state index contributed by atoms with van der Waals surface area (Å²) in [6.07, 6.45) is 1.60. The highest BCUT2D eigenvalue weighted by Gasteiger charge is 2.12. The van der Waals surface area contributed by atoms with Crippen molar-refractivity contribution in [3.8, 4) is 0 Å². The number of fused-ring (bicyclic) bond motifs is 1. The Kier molecular flexibility index (Phi) is 2.21. The van der Waals surface area contributed by atoms with Gasteiger partial charge in [0.05, 0.1) is 5.56 Å². The van der Waals surface area contributed by atoms with Crippen LogP contribution >= 0.6 is 0 Å². The largest absolute Gasteiger partial charge is 0.387 e. The molecule has 0 amide bonds. The number of rotatable bonds is 2. The minimum atomic E-state index is -1.36. The second-order valence-electron chi connectivity index (χ2n) is 3.13. The molecule has 0 heterocycles. The molecule has 0 bridgehead atoms. The Balaban J connectivity index is 2.80. The molecule has 2 aromatic rings. The Morgan fingerprint density at radius 2 is 1.67 bits per heavy atom. The van der Waals surface area contributed by atoms with Crippen molar-refractivity contribution >= 4 is 23.0 Å². The Hall–Kier alpha value is -2.16. The number of hydrogen-bond donors (Lipinski definition) is 0. The summed E-state index contributed by atoms with van der Waals surface area (Å²) in [5, 5.41) is 12.3. The standard InChI is InChI=1S/C12H6O3/c13-7-10-5-8-3-1-2-4-9(8)6-11(10)12(14)15/h1-6H. The van der Waals surface area contributed by atoms with Gasteiger partial charge in [-0.25, -0.2) is 9.90 Å². The van der Waals surface area contributed by atoms with Gasteiger partial charge in [-0.3, -0.25) is 4.79 Å². The first-order chi connectivity index (χ1) is 7.22. The molecule has 0 atom stereocenters. The first kappa shape index (κ1) is 9.40. The molecule has 0 saturated heterocycles. The lowest BCUT2D eigenvalue weighted by Gasteiger charge is -2.01. The van der Waals surface area contributed by atoms with Crippen LogP contribution in [0.15, 0.2) is 36.4 Å². The van der Waals surface area contributed by atoms with E-state index < -0.39 is 5.97 Å². The van der Waals surface area contributed by atoms with Crippen molar-refractivity contribution in [2.45, 2.75) is 0 Å². The van der Waals surface area contributed by atoms with E-state index >= 15 is 0 Å². The van der Waals surface area contributed by atoms with E-state index in [4.69, 9.17) is 0 Å². The highest BCUT2D eigenvalue weighted by atomic mass is 16.4. The fourth-order valence-electron chi connectivity index (χ4n) is 1.49. The summed E-state index contributed by atoms with van der Waals surface area (Å²) in [4.78, 5) is 21.3. The van der Waals surface area contributed by atoms with Gasteiger partial charge in [0.2, 0.25) is 6.29 Å². The topological polar surface area (TPSA) is 54.0 Å². The molecule has 3 heteroatoms. The van der Waals surface area contributed by atoms with Crippen LogP contribution in [0.5, 0.6) is 0 Å². The van der Waals surface area contributed by atoms with Gasteiger partial charge in [0.15, 0.2) is 0 Å². The molecule has 0 N–H and O–H groups in total. The lowest BCUT2D eigenvalue weighted by atomic mass is 10.0. The maximum atomic E-state index is 10.7.